The Bertz CT molecular complexity index is 4700. The van der Waals surface area contributed by atoms with Crippen LogP contribution in [0.3, 0.4) is 0 Å². The Morgan fingerprint density at radius 1 is 0.261 bits per heavy atom. The lowest BCUT2D eigenvalue weighted by Crippen LogP contribution is -2.22. The minimum atomic E-state index is -0.277. The molecule has 13 aromatic carbocycles. The number of rotatable bonds is 12. The van der Waals surface area contributed by atoms with Crippen molar-refractivity contribution in [3.63, 3.8) is 0 Å². The molecular formula is C84H80O4. The van der Waals surface area contributed by atoms with Crippen LogP contribution in [0, 0.1) is 13.8 Å². The van der Waals surface area contributed by atoms with Crippen molar-refractivity contribution in [1.29, 1.82) is 0 Å². The summed E-state index contributed by atoms with van der Waals surface area (Å²) >= 11 is 0. The van der Waals surface area contributed by atoms with Crippen LogP contribution >= 0.6 is 0 Å². The third-order valence-corrected chi connectivity index (χ3v) is 20.2. The van der Waals surface area contributed by atoms with Gasteiger partial charge in [0.2, 0.25) is 0 Å². The summed E-state index contributed by atoms with van der Waals surface area (Å²) in [6.07, 6.45) is 0. The van der Waals surface area contributed by atoms with E-state index in [9.17, 15) is 20.4 Å². The van der Waals surface area contributed by atoms with Crippen molar-refractivity contribution in [3.05, 3.63) is 308 Å². The van der Waals surface area contributed by atoms with Crippen molar-refractivity contribution in [3.8, 4) is 23.0 Å². The van der Waals surface area contributed by atoms with Gasteiger partial charge in [0.25, 0.3) is 0 Å². The molecule has 4 heteroatoms. The fourth-order valence-electron chi connectivity index (χ4n) is 13.9. The predicted molar refractivity (Wildman–Crippen MR) is 370 cm³/mol. The van der Waals surface area contributed by atoms with Gasteiger partial charge in [-0.2, -0.15) is 0 Å². The molecular weight excluding hydrogens is 1070 g/mol. The van der Waals surface area contributed by atoms with Crippen molar-refractivity contribution in [2.75, 3.05) is 0 Å². The summed E-state index contributed by atoms with van der Waals surface area (Å²) in [5.41, 5.74) is 14.7. The zero-order valence-electron chi connectivity index (χ0n) is 52.9. The van der Waals surface area contributed by atoms with Crippen LogP contribution in [0.4, 0.5) is 0 Å². The molecule has 0 amide bonds. The first-order valence-corrected chi connectivity index (χ1v) is 31.0. The average Bonchev–Trinajstić information content (AvgIpc) is 0.933. The number of hydrogen-bond donors (Lipinski definition) is 4. The van der Waals surface area contributed by atoms with E-state index in [0.29, 0.717) is 23.0 Å². The quantitative estimate of drug-likeness (QED) is 0.0726. The first-order chi connectivity index (χ1) is 41.9. The van der Waals surface area contributed by atoms with E-state index in [1.54, 1.807) is 12.1 Å². The zero-order chi connectivity index (χ0) is 62.2. The van der Waals surface area contributed by atoms with Crippen molar-refractivity contribution in [1.82, 2.24) is 0 Å². The highest BCUT2D eigenvalue weighted by Gasteiger charge is 2.31. The lowest BCUT2D eigenvalue weighted by atomic mass is 9.73. The van der Waals surface area contributed by atoms with Crippen LogP contribution in [0.2, 0.25) is 0 Å². The fourth-order valence-corrected chi connectivity index (χ4v) is 13.9. The van der Waals surface area contributed by atoms with Gasteiger partial charge in [-0.15, -0.1) is 0 Å². The molecule has 440 valence electrons. The molecule has 0 spiro atoms. The Labute approximate surface area is 519 Å². The summed E-state index contributed by atoms with van der Waals surface area (Å²) < 4.78 is 0. The Balaban J connectivity index is 0.000000172. The second kappa shape index (κ2) is 22.4. The number of hydrogen-bond acceptors (Lipinski definition) is 4. The highest BCUT2D eigenvalue weighted by Crippen LogP contribution is 2.46. The minimum Gasteiger partial charge on any atom is -0.508 e. The Kier molecular flexibility index (Phi) is 15.0. The van der Waals surface area contributed by atoms with Crippen LogP contribution in [0.15, 0.2) is 231 Å². The first-order valence-electron chi connectivity index (χ1n) is 31.0. The molecule has 0 bridgehead atoms. The van der Waals surface area contributed by atoms with Crippen molar-refractivity contribution < 1.29 is 20.4 Å². The molecule has 0 heterocycles. The van der Waals surface area contributed by atoms with E-state index in [0.717, 1.165) is 27.8 Å². The van der Waals surface area contributed by atoms with E-state index in [2.05, 4.69) is 263 Å². The van der Waals surface area contributed by atoms with Gasteiger partial charge in [-0.05, 0) is 165 Å². The number of phenols is 4. The molecule has 2 unspecified atom stereocenters. The molecule has 0 fully saturated rings. The molecule has 0 aromatic heterocycles. The zero-order valence-corrected chi connectivity index (χ0v) is 52.9. The van der Waals surface area contributed by atoms with Gasteiger partial charge in [0, 0.05) is 44.6 Å². The summed E-state index contributed by atoms with van der Waals surface area (Å²) in [5, 5.41) is 55.0. The summed E-state index contributed by atoms with van der Waals surface area (Å²) in [4.78, 5) is 0. The van der Waals surface area contributed by atoms with Gasteiger partial charge in [0.15, 0.2) is 0 Å². The van der Waals surface area contributed by atoms with Gasteiger partial charge in [-0.1, -0.05) is 269 Å². The van der Waals surface area contributed by atoms with Gasteiger partial charge in [-0.25, -0.2) is 0 Å². The maximum absolute atomic E-state index is 11.2. The van der Waals surface area contributed by atoms with Crippen LogP contribution < -0.4 is 0 Å². The van der Waals surface area contributed by atoms with Gasteiger partial charge in [-0.3, -0.25) is 0 Å². The van der Waals surface area contributed by atoms with Gasteiger partial charge in [0.1, 0.15) is 23.0 Å². The van der Waals surface area contributed by atoms with E-state index in [4.69, 9.17) is 0 Å². The molecule has 13 aromatic rings. The second-order valence-corrected chi connectivity index (χ2v) is 26.9. The highest BCUT2D eigenvalue weighted by molar-refractivity contribution is 6.23. The second-order valence-electron chi connectivity index (χ2n) is 26.9. The van der Waals surface area contributed by atoms with Crippen LogP contribution in [0.5, 0.6) is 23.0 Å². The molecule has 0 aliphatic rings. The first kappa shape index (κ1) is 59.0. The van der Waals surface area contributed by atoms with E-state index < -0.39 is 0 Å². The van der Waals surface area contributed by atoms with Crippen LogP contribution in [-0.2, 0) is 21.7 Å². The molecule has 0 saturated heterocycles. The smallest absolute Gasteiger partial charge is 0.119 e. The van der Waals surface area contributed by atoms with Crippen LogP contribution in [0.25, 0.3) is 53.9 Å². The van der Waals surface area contributed by atoms with E-state index in [-0.39, 0.29) is 33.5 Å². The van der Waals surface area contributed by atoms with E-state index in [1.165, 1.54) is 104 Å². The topological polar surface area (TPSA) is 80.9 Å². The maximum Gasteiger partial charge on any atom is 0.119 e. The summed E-state index contributed by atoms with van der Waals surface area (Å²) in [7, 11) is 0. The minimum absolute atomic E-state index is 0.00209. The molecule has 88 heavy (non-hydrogen) atoms. The van der Waals surface area contributed by atoms with Gasteiger partial charge >= 0.3 is 0 Å². The van der Waals surface area contributed by atoms with Crippen LogP contribution in [-0.4, -0.2) is 20.4 Å². The fraction of sp³-hybridized carbons (Fsp3) is 0.214. The number of phenolic OH excluding ortho intramolecular Hbond substituents is 4. The number of fused-ring (bicyclic) bond motifs is 2. The molecule has 2 atom stereocenters. The normalized spacial score (nSPS) is 13.1. The average molecular weight is 1150 g/mol. The number of benzene rings is 13. The molecule has 13 rings (SSSR count). The Morgan fingerprint density at radius 2 is 0.591 bits per heavy atom. The molecule has 0 radical (unpaired) electrons. The lowest BCUT2D eigenvalue weighted by molar-refractivity contribution is 0.464. The Hall–Kier alpha value is -9.38. The Morgan fingerprint density at radius 3 is 1.01 bits per heavy atom. The van der Waals surface area contributed by atoms with Gasteiger partial charge < -0.3 is 20.4 Å². The van der Waals surface area contributed by atoms with Crippen LogP contribution in [0.1, 0.15) is 159 Å². The summed E-state index contributed by atoms with van der Waals surface area (Å²) in [6, 6.07) is 81.1. The summed E-state index contributed by atoms with van der Waals surface area (Å²) in [5.74, 6) is 1.30. The monoisotopic (exact) mass is 1150 g/mol. The largest absolute Gasteiger partial charge is 0.508 e. The van der Waals surface area contributed by atoms with Crippen molar-refractivity contribution >= 4 is 53.9 Å². The van der Waals surface area contributed by atoms with Gasteiger partial charge in [0.05, 0.1) is 0 Å². The summed E-state index contributed by atoms with van der Waals surface area (Å²) in [6.45, 7) is 26.2. The molecule has 0 aliphatic carbocycles. The van der Waals surface area contributed by atoms with E-state index in [1.807, 2.05) is 38.1 Å². The number of aromatic hydroxyl groups is 4. The van der Waals surface area contributed by atoms with Crippen molar-refractivity contribution in [2.45, 2.75) is 117 Å². The third-order valence-electron chi connectivity index (χ3n) is 20.2. The predicted octanol–water partition coefficient (Wildman–Crippen LogP) is 21.6. The molecule has 0 aliphatic heterocycles. The molecule has 4 N–H and O–H groups in total. The lowest BCUT2D eigenvalue weighted by Gasteiger charge is -2.30. The van der Waals surface area contributed by atoms with Crippen molar-refractivity contribution in [2.24, 2.45) is 0 Å². The molecule has 4 nitrogen and oxygen atoms in total. The highest BCUT2D eigenvalue weighted by atomic mass is 16.3. The third kappa shape index (κ3) is 10.4. The van der Waals surface area contributed by atoms with E-state index >= 15 is 0 Å². The maximum atomic E-state index is 11.2. The SMILES string of the molecule is Cc1cc(C(C)(C)c2ccc(C(C)(C)c3ccc(O)c(C(C)c4c5ccccc5cc5ccccc45)c3)cc2)ccc1O.Cc1cc(C(C)(C)c2ccc(C(C)(C)c3ccc(O)c(C(C)c4ccc5ccc6cccc7ccc4c5c67)c3)cc2)ccc1O. The standard InChI is InChI=1S/C43H40O2.C41H40O2/c1-26-24-33(18-22-38(26)44)42(3,4)31-14-16-32(17-15-31)43(5,6)34-19-23-39(45)37(25-34)27(2)35-20-12-30-11-10-28-8-7-9-29-13-21-36(35)41(30)40(28)29;1-26-23-32(19-21-37(26)42)40(3,4)30-15-17-31(18-16-30)41(5,6)33-20-22-38(43)36(25-33)27(2)39-34-13-9-7-11-28(34)24-29-12-8-10-14-35(29)39/h7-25,27,44-45H,1-6H3;7-25,27,42-43H,1-6H3. The molecule has 0 saturated carbocycles. The number of aryl methyl sites for hydroxylation is 2.